The molecule has 2 aromatic heterocycles. The van der Waals surface area contributed by atoms with Crippen LogP contribution in [-0.2, 0) is 0 Å². The molecule has 0 bridgehead atoms. The summed E-state index contributed by atoms with van der Waals surface area (Å²) in [5.74, 6) is 0. The van der Waals surface area contributed by atoms with Gasteiger partial charge in [-0.15, -0.1) is 0 Å². The van der Waals surface area contributed by atoms with Gasteiger partial charge in [0.1, 0.15) is 5.15 Å². The Morgan fingerprint density at radius 3 is 2.93 bits per heavy atom. The molecule has 2 rings (SSSR count). The van der Waals surface area contributed by atoms with Gasteiger partial charge in [0, 0.05) is 11.7 Å². The highest BCUT2D eigenvalue weighted by atomic mass is 35.5. The van der Waals surface area contributed by atoms with Crippen LogP contribution in [0.1, 0.15) is 18.7 Å². The number of aromatic amines is 1. The van der Waals surface area contributed by atoms with Crippen molar-refractivity contribution in [1.82, 2.24) is 9.38 Å². The second-order valence-electron chi connectivity index (χ2n) is 3.23. The van der Waals surface area contributed by atoms with Crippen molar-refractivity contribution < 1.29 is 0 Å². The van der Waals surface area contributed by atoms with Gasteiger partial charge in [0.15, 0.2) is 0 Å². The maximum atomic E-state index is 11.6. The molecular weight excluding hydrogens is 202 g/mol. The van der Waals surface area contributed by atoms with Crippen LogP contribution in [0.5, 0.6) is 0 Å². The molecule has 0 aliphatic heterocycles. The Bertz CT molecular complexity index is 526. The molecule has 5 heteroatoms. The van der Waals surface area contributed by atoms with E-state index in [9.17, 15) is 4.79 Å². The van der Waals surface area contributed by atoms with Crippen LogP contribution in [0.2, 0.25) is 5.15 Å². The third-order valence-electron chi connectivity index (χ3n) is 2.11. The number of nitrogens with two attached hydrogens (primary N) is 1. The molecule has 0 radical (unpaired) electrons. The second-order valence-corrected chi connectivity index (χ2v) is 3.62. The molecule has 3 N–H and O–H groups in total. The Labute approximate surface area is 85.3 Å². The lowest BCUT2D eigenvalue weighted by Crippen LogP contribution is -2.20. The average molecular weight is 212 g/mol. The van der Waals surface area contributed by atoms with Crippen LogP contribution in [0.15, 0.2) is 23.0 Å². The fraction of sp³-hybridized carbons (Fsp3) is 0.222. The fourth-order valence-corrected chi connectivity index (χ4v) is 1.61. The third-order valence-corrected chi connectivity index (χ3v) is 2.41. The molecule has 1 unspecified atom stereocenters. The number of nitrogens with one attached hydrogen (secondary N) is 1. The van der Waals surface area contributed by atoms with E-state index in [1.165, 1.54) is 4.40 Å². The summed E-state index contributed by atoms with van der Waals surface area (Å²) in [6, 6.07) is 5.08. The Balaban J connectivity index is 2.81. The lowest BCUT2D eigenvalue weighted by Gasteiger charge is -2.05. The van der Waals surface area contributed by atoms with Crippen molar-refractivity contribution in [3.05, 3.63) is 39.5 Å². The van der Waals surface area contributed by atoms with Crippen molar-refractivity contribution in [2.75, 3.05) is 0 Å². The summed E-state index contributed by atoms with van der Waals surface area (Å²) in [4.78, 5) is 14.2. The summed E-state index contributed by atoms with van der Waals surface area (Å²) in [6.07, 6.45) is 0. The van der Waals surface area contributed by atoms with E-state index in [-0.39, 0.29) is 11.7 Å². The van der Waals surface area contributed by atoms with Gasteiger partial charge in [-0.05, 0) is 25.1 Å². The second kappa shape index (κ2) is 3.15. The largest absolute Gasteiger partial charge is 0.331 e. The van der Waals surface area contributed by atoms with E-state index < -0.39 is 0 Å². The van der Waals surface area contributed by atoms with E-state index in [0.29, 0.717) is 10.8 Å². The molecule has 0 fully saturated rings. The third kappa shape index (κ3) is 1.32. The molecule has 1 atom stereocenters. The van der Waals surface area contributed by atoms with Crippen molar-refractivity contribution in [2.24, 2.45) is 5.73 Å². The summed E-state index contributed by atoms with van der Waals surface area (Å²) < 4.78 is 1.40. The zero-order valence-electron chi connectivity index (χ0n) is 7.62. The lowest BCUT2D eigenvalue weighted by molar-refractivity contribution is 0.763. The van der Waals surface area contributed by atoms with Crippen molar-refractivity contribution in [1.29, 1.82) is 0 Å². The first-order valence-electron chi connectivity index (χ1n) is 4.25. The van der Waals surface area contributed by atoms with Gasteiger partial charge in [-0.3, -0.25) is 4.40 Å². The molecule has 0 spiro atoms. The highest BCUT2D eigenvalue weighted by Gasteiger charge is 2.06. The van der Waals surface area contributed by atoms with E-state index in [1.54, 1.807) is 12.1 Å². The van der Waals surface area contributed by atoms with Crippen LogP contribution in [0.25, 0.3) is 5.52 Å². The van der Waals surface area contributed by atoms with E-state index >= 15 is 0 Å². The zero-order valence-corrected chi connectivity index (χ0v) is 8.38. The Morgan fingerprint density at radius 2 is 2.29 bits per heavy atom. The summed E-state index contributed by atoms with van der Waals surface area (Å²) in [5, 5.41) is 0.400. The van der Waals surface area contributed by atoms with E-state index in [0.717, 1.165) is 5.52 Å². The maximum absolute atomic E-state index is 11.6. The molecule has 0 aliphatic rings. The van der Waals surface area contributed by atoms with Crippen LogP contribution in [0.4, 0.5) is 0 Å². The molecule has 14 heavy (non-hydrogen) atoms. The first-order valence-corrected chi connectivity index (χ1v) is 4.63. The van der Waals surface area contributed by atoms with Gasteiger partial charge >= 0.3 is 5.69 Å². The molecule has 74 valence electrons. The summed E-state index contributed by atoms with van der Waals surface area (Å²) >= 11 is 5.82. The number of rotatable bonds is 1. The molecule has 0 saturated heterocycles. The Kier molecular flexibility index (Phi) is 2.09. The van der Waals surface area contributed by atoms with Gasteiger partial charge < -0.3 is 10.7 Å². The van der Waals surface area contributed by atoms with Crippen molar-refractivity contribution in [2.45, 2.75) is 13.0 Å². The van der Waals surface area contributed by atoms with E-state index in [1.807, 2.05) is 13.0 Å². The van der Waals surface area contributed by atoms with Crippen LogP contribution >= 0.6 is 11.6 Å². The summed E-state index contributed by atoms with van der Waals surface area (Å²) in [5.41, 5.74) is 6.87. The molecule has 0 amide bonds. The molecular formula is C9H10ClN3O. The van der Waals surface area contributed by atoms with Gasteiger partial charge in [-0.2, -0.15) is 0 Å². The number of nitrogens with zero attached hydrogens (tertiary/aromatic N) is 1. The number of H-pyrrole nitrogens is 1. The van der Waals surface area contributed by atoms with Crippen LogP contribution in [0, 0.1) is 0 Å². The van der Waals surface area contributed by atoms with Gasteiger partial charge in [0.25, 0.3) is 0 Å². The Morgan fingerprint density at radius 1 is 1.57 bits per heavy atom. The van der Waals surface area contributed by atoms with Crippen molar-refractivity contribution in [3.63, 3.8) is 0 Å². The van der Waals surface area contributed by atoms with E-state index in [2.05, 4.69) is 4.98 Å². The molecule has 0 aliphatic carbocycles. The monoisotopic (exact) mass is 211 g/mol. The quantitative estimate of drug-likeness (QED) is 0.747. The van der Waals surface area contributed by atoms with Crippen LogP contribution < -0.4 is 11.4 Å². The average Bonchev–Trinajstić information content (AvgIpc) is 2.48. The summed E-state index contributed by atoms with van der Waals surface area (Å²) in [6.45, 7) is 1.81. The van der Waals surface area contributed by atoms with Gasteiger partial charge in [0.2, 0.25) is 0 Å². The minimum absolute atomic E-state index is 0.193. The normalized spacial score (nSPS) is 13.4. The molecule has 0 saturated carbocycles. The smallest absolute Gasteiger partial charge is 0.323 e. The highest BCUT2D eigenvalue weighted by molar-refractivity contribution is 6.30. The lowest BCUT2D eigenvalue weighted by atomic mass is 10.2. The first kappa shape index (κ1) is 9.30. The minimum Gasteiger partial charge on any atom is -0.323 e. The van der Waals surface area contributed by atoms with Crippen LogP contribution in [0.3, 0.4) is 0 Å². The number of halogens is 1. The highest BCUT2D eigenvalue weighted by Crippen LogP contribution is 2.14. The van der Waals surface area contributed by atoms with Crippen LogP contribution in [-0.4, -0.2) is 9.38 Å². The number of aromatic nitrogens is 2. The predicted octanol–water partition coefficient (Wildman–Crippen LogP) is 1.30. The minimum atomic E-state index is -0.259. The summed E-state index contributed by atoms with van der Waals surface area (Å²) in [7, 11) is 0. The topological polar surface area (TPSA) is 63.3 Å². The van der Waals surface area contributed by atoms with Gasteiger partial charge in [-0.25, -0.2) is 4.79 Å². The predicted molar refractivity (Wildman–Crippen MR) is 55.6 cm³/mol. The van der Waals surface area contributed by atoms with Crippen molar-refractivity contribution >= 4 is 17.1 Å². The molecule has 0 aromatic carbocycles. The molecule has 2 aromatic rings. The SMILES string of the molecule is CC(N)c1cc2ccc(Cl)n2c(=O)[nH]1. The fourth-order valence-electron chi connectivity index (χ4n) is 1.37. The molecule has 4 nitrogen and oxygen atoms in total. The number of hydrogen-bond donors (Lipinski definition) is 2. The standard InChI is InChI=1S/C9H10ClN3O/c1-5(11)7-4-6-2-3-8(10)13(6)9(14)12-7/h2-5H,11H2,1H3,(H,12,14). The van der Waals surface area contributed by atoms with E-state index in [4.69, 9.17) is 17.3 Å². The number of hydrogen-bond acceptors (Lipinski definition) is 2. The number of fused-ring (bicyclic) bond motifs is 1. The van der Waals surface area contributed by atoms with Gasteiger partial charge in [0.05, 0.1) is 5.52 Å². The molecule has 2 heterocycles. The van der Waals surface area contributed by atoms with Crippen molar-refractivity contribution in [3.8, 4) is 0 Å². The van der Waals surface area contributed by atoms with Gasteiger partial charge in [-0.1, -0.05) is 11.6 Å². The maximum Gasteiger partial charge on any atom is 0.331 e. The first-order chi connectivity index (χ1) is 6.59. The zero-order chi connectivity index (χ0) is 10.3. The Hall–Kier alpha value is -1.26.